The second-order valence-corrected chi connectivity index (χ2v) is 2.17. The van der Waals surface area contributed by atoms with Gasteiger partial charge in [-0.05, 0) is 0 Å². The van der Waals surface area contributed by atoms with Crippen molar-refractivity contribution in [1.29, 1.82) is 0 Å². The molecule has 3 N–H and O–H groups in total. The van der Waals surface area contributed by atoms with E-state index in [9.17, 15) is 0 Å². The zero-order valence-corrected chi connectivity index (χ0v) is 7.28. The lowest BCUT2D eigenvalue weighted by atomic mass is 10.6. The van der Waals surface area contributed by atoms with E-state index in [1.165, 1.54) is 0 Å². The Morgan fingerprint density at radius 2 is 2.00 bits per heavy atom. The summed E-state index contributed by atoms with van der Waals surface area (Å²) in [5, 5.41) is 20.1. The lowest BCUT2D eigenvalue weighted by molar-refractivity contribution is -0.0367. The third-order valence-electron chi connectivity index (χ3n) is 0.598. The largest absolute Gasteiger partial charge is 0.367 e. The van der Waals surface area contributed by atoms with Crippen molar-refractivity contribution >= 4 is 28.3 Å². The molecule has 9 heavy (non-hydrogen) atoms. The zero-order chi connectivity index (χ0) is 6.41. The molecule has 0 unspecified atom stereocenters. The van der Waals surface area contributed by atoms with Crippen molar-refractivity contribution in [1.82, 2.24) is 5.32 Å². The minimum absolute atomic E-state index is 0. The summed E-state index contributed by atoms with van der Waals surface area (Å²) < 4.78 is 0. The predicted octanol–water partition coefficient (Wildman–Crippen LogP) is -0.297. The minimum atomic E-state index is -1.23. The van der Waals surface area contributed by atoms with Crippen molar-refractivity contribution in [2.75, 3.05) is 18.4 Å². The number of halogens is 2. The highest BCUT2D eigenvalue weighted by Gasteiger charge is 1.92. The highest BCUT2D eigenvalue weighted by atomic mass is 79.9. The first kappa shape index (κ1) is 12.3. The van der Waals surface area contributed by atoms with Crippen LogP contribution in [0.4, 0.5) is 0 Å². The Morgan fingerprint density at radius 3 is 2.33 bits per heavy atom. The monoisotopic (exact) mass is 219 g/mol. The van der Waals surface area contributed by atoms with Crippen LogP contribution in [-0.2, 0) is 0 Å². The van der Waals surface area contributed by atoms with E-state index in [0.29, 0.717) is 0 Å². The van der Waals surface area contributed by atoms with Crippen molar-refractivity contribution in [2.24, 2.45) is 0 Å². The van der Waals surface area contributed by atoms with Crippen LogP contribution in [0.5, 0.6) is 0 Å². The fourth-order valence-corrected chi connectivity index (χ4v) is 0.578. The second-order valence-electron chi connectivity index (χ2n) is 1.37. The van der Waals surface area contributed by atoms with Crippen LogP contribution in [-0.4, -0.2) is 34.9 Å². The number of hydrogen-bond acceptors (Lipinski definition) is 3. The normalized spacial score (nSPS) is 9.33. The van der Waals surface area contributed by atoms with Crippen LogP contribution in [0, 0.1) is 0 Å². The molecule has 0 spiro atoms. The van der Waals surface area contributed by atoms with Gasteiger partial charge in [0.15, 0.2) is 6.29 Å². The van der Waals surface area contributed by atoms with E-state index in [-0.39, 0.29) is 19.0 Å². The lowest BCUT2D eigenvalue weighted by Crippen LogP contribution is -2.27. The van der Waals surface area contributed by atoms with Crippen molar-refractivity contribution < 1.29 is 10.2 Å². The summed E-state index contributed by atoms with van der Waals surface area (Å²) in [6.07, 6.45) is -1.23. The highest BCUT2D eigenvalue weighted by molar-refractivity contribution is 9.09. The van der Waals surface area contributed by atoms with E-state index in [0.717, 1.165) is 11.9 Å². The molecule has 5 heteroatoms. The summed E-state index contributed by atoms with van der Waals surface area (Å²) in [6, 6.07) is 0. The first-order chi connectivity index (χ1) is 3.77. The number of hydrogen-bond donors (Lipinski definition) is 3. The summed E-state index contributed by atoms with van der Waals surface area (Å²) in [4.78, 5) is 0. The topological polar surface area (TPSA) is 52.5 Å². The van der Waals surface area contributed by atoms with Gasteiger partial charge in [0.1, 0.15) is 0 Å². The standard InChI is InChI=1S/C4H10BrNO2.ClH/c5-1-2-6-3-4(7)8;/h4,6-8H,1-3H2;1H. The molecule has 0 atom stereocenters. The molecule has 0 aromatic carbocycles. The van der Waals surface area contributed by atoms with Crippen molar-refractivity contribution in [3.8, 4) is 0 Å². The Labute approximate surface area is 69.0 Å². The fourth-order valence-electron chi connectivity index (χ4n) is 0.298. The molecule has 0 aliphatic carbocycles. The van der Waals surface area contributed by atoms with Gasteiger partial charge in [0.05, 0.1) is 0 Å². The molecule has 0 aliphatic heterocycles. The van der Waals surface area contributed by atoms with E-state index < -0.39 is 6.29 Å². The van der Waals surface area contributed by atoms with Crippen LogP contribution in [0.3, 0.4) is 0 Å². The van der Waals surface area contributed by atoms with Gasteiger partial charge in [0.25, 0.3) is 0 Å². The lowest BCUT2D eigenvalue weighted by Gasteiger charge is -2.02. The molecular formula is C4H11BrClNO2. The molecule has 0 aliphatic rings. The SMILES string of the molecule is Cl.OC(O)CNCCBr. The maximum atomic E-state index is 8.26. The number of aliphatic hydroxyl groups excluding tert-OH is 1. The molecule has 0 fully saturated rings. The minimum Gasteiger partial charge on any atom is -0.367 e. The van der Waals surface area contributed by atoms with Crippen LogP contribution >= 0.6 is 28.3 Å². The molecule has 0 amide bonds. The number of alkyl halides is 1. The first-order valence-corrected chi connectivity index (χ1v) is 3.52. The molecule has 58 valence electrons. The van der Waals surface area contributed by atoms with Crippen LogP contribution in [0.1, 0.15) is 0 Å². The van der Waals surface area contributed by atoms with Crippen LogP contribution in [0.2, 0.25) is 0 Å². The zero-order valence-electron chi connectivity index (χ0n) is 4.88. The third-order valence-corrected chi connectivity index (χ3v) is 0.995. The highest BCUT2D eigenvalue weighted by Crippen LogP contribution is 1.75. The summed E-state index contributed by atoms with van der Waals surface area (Å²) in [6.45, 7) is 1.00. The maximum Gasteiger partial charge on any atom is 0.164 e. The molecule has 0 rings (SSSR count). The van der Waals surface area contributed by atoms with Gasteiger partial charge >= 0.3 is 0 Å². The Morgan fingerprint density at radius 1 is 1.44 bits per heavy atom. The molecule has 0 saturated carbocycles. The van der Waals surface area contributed by atoms with Crippen molar-refractivity contribution in [3.05, 3.63) is 0 Å². The third kappa shape index (κ3) is 12.0. The Kier molecular flexibility index (Phi) is 11.9. The number of nitrogens with one attached hydrogen (secondary N) is 1. The molecular weight excluding hydrogens is 209 g/mol. The van der Waals surface area contributed by atoms with E-state index in [2.05, 4.69) is 21.2 Å². The van der Waals surface area contributed by atoms with Crippen LogP contribution in [0.15, 0.2) is 0 Å². The Hall–Kier alpha value is 0.650. The van der Waals surface area contributed by atoms with E-state index in [4.69, 9.17) is 10.2 Å². The van der Waals surface area contributed by atoms with Gasteiger partial charge in [0.2, 0.25) is 0 Å². The van der Waals surface area contributed by atoms with Gasteiger partial charge < -0.3 is 15.5 Å². The van der Waals surface area contributed by atoms with E-state index in [1.54, 1.807) is 0 Å². The quantitative estimate of drug-likeness (QED) is 0.347. The number of aliphatic hydroxyl groups is 2. The van der Waals surface area contributed by atoms with Gasteiger partial charge in [-0.2, -0.15) is 0 Å². The van der Waals surface area contributed by atoms with Crippen LogP contribution in [0.25, 0.3) is 0 Å². The van der Waals surface area contributed by atoms with Crippen molar-refractivity contribution in [3.63, 3.8) is 0 Å². The molecule has 3 nitrogen and oxygen atoms in total. The van der Waals surface area contributed by atoms with Gasteiger partial charge in [-0.1, -0.05) is 15.9 Å². The number of rotatable bonds is 4. The van der Waals surface area contributed by atoms with Gasteiger partial charge in [-0.3, -0.25) is 0 Å². The Bertz CT molecular complexity index is 55.8. The molecule has 0 bridgehead atoms. The van der Waals surface area contributed by atoms with Crippen LogP contribution < -0.4 is 5.32 Å². The second kappa shape index (κ2) is 8.65. The summed E-state index contributed by atoms with van der Waals surface area (Å²) in [5.74, 6) is 0. The van der Waals surface area contributed by atoms with Crippen molar-refractivity contribution in [2.45, 2.75) is 6.29 Å². The molecule has 0 aromatic rings. The summed E-state index contributed by atoms with van der Waals surface area (Å²) in [7, 11) is 0. The van der Waals surface area contributed by atoms with Gasteiger partial charge in [-0.15, -0.1) is 12.4 Å². The summed E-state index contributed by atoms with van der Waals surface area (Å²) in [5.41, 5.74) is 0. The average molecular weight is 220 g/mol. The van der Waals surface area contributed by atoms with E-state index >= 15 is 0 Å². The Balaban J connectivity index is 0. The van der Waals surface area contributed by atoms with E-state index in [1.807, 2.05) is 0 Å². The molecule has 0 heterocycles. The maximum absolute atomic E-state index is 8.26. The van der Waals surface area contributed by atoms with Gasteiger partial charge in [-0.25, -0.2) is 0 Å². The summed E-state index contributed by atoms with van der Waals surface area (Å²) >= 11 is 3.17. The average Bonchev–Trinajstić information content (AvgIpc) is 1.66. The predicted molar refractivity (Wildman–Crippen MR) is 42.1 cm³/mol. The molecule has 0 radical (unpaired) electrons. The fraction of sp³-hybridized carbons (Fsp3) is 1.00. The smallest absolute Gasteiger partial charge is 0.164 e. The molecule has 0 aromatic heterocycles. The first-order valence-electron chi connectivity index (χ1n) is 2.40. The van der Waals surface area contributed by atoms with Gasteiger partial charge in [0, 0.05) is 18.4 Å². The molecule has 0 saturated heterocycles.